The molecule has 9 nitrogen and oxygen atoms in total. The van der Waals surface area contributed by atoms with Crippen LogP contribution in [0, 0.1) is 6.92 Å². The molecule has 1 aliphatic carbocycles. The fourth-order valence-electron chi connectivity index (χ4n) is 3.73. The van der Waals surface area contributed by atoms with Gasteiger partial charge in [-0.1, -0.05) is 12.1 Å². The van der Waals surface area contributed by atoms with Crippen LogP contribution < -0.4 is 15.4 Å². The van der Waals surface area contributed by atoms with Gasteiger partial charge in [0.15, 0.2) is 0 Å². The van der Waals surface area contributed by atoms with E-state index in [0.29, 0.717) is 30.0 Å². The number of ether oxygens (including phenoxy) is 2. The van der Waals surface area contributed by atoms with Crippen molar-refractivity contribution >= 4 is 27.5 Å². The molecule has 1 aliphatic heterocycles. The molecule has 2 aromatic rings. The Morgan fingerprint density at radius 2 is 1.85 bits per heavy atom. The minimum absolute atomic E-state index is 0.0251. The van der Waals surface area contributed by atoms with Crippen molar-refractivity contribution in [2.75, 3.05) is 38.7 Å². The Hall–Kier alpha value is -2.95. The molecule has 0 aromatic heterocycles. The first-order chi connectivity index (χ1) is 16.3. The molecular formula is C24H29N3O6S. The molecule has 2 fully saturated rings. The van der Waals surface area contributed by atoms with Crippen LogP contribution in [0.4, 0.5) is 5.69 Å². The Labute approximate surface area is 199 Å². The minimum atomic E-state index is -3.80. The van der Waals surface area contributed by atoms with Crippen LogP contribution in [0.15, 0.2) is 41.3 Å². The minimum Gasteiger partial charge on any atom is -0.495 e. The average Bonchev–Trinajstić information content (AvgIpc) is 3.65. The molecule has 0 radical (unpaired) electrons. The Morgan fingerprint density at radius 1 is 1.12 bits per heavy atom. The first kappa shape index (κ1) is 24.2. The fraction of sp³-hybridized carbons (Fsp3) is 0.417. The number of aryl methyl sites for hydroxylation is 1. The largest absolute Gasteiger partial charge is 0.495 e. The molecule has 1 saturated heterocycles. The van der Waals surface area contributed by atoms with Gasteiger partial charge in [0.1, 0.15) is 10.6 Å². The number of anilines is 1. The standard InChI is InChI=1S/C24H29N3O6S/c1-16-3-5-18(24(29)25-19-6-7-19)15-20(16)26-23(28)14-17-4-8-21(32-2)22(13-17)34(30,31)27-9-11-33-12-10-27/h3-5,8,13,15,19H,6-7,9-12,14H2,1-2H3,(H,25,29)(H,26,28). The van der Waals surface area contributed by atoms with Gasteiger partial charge in [-0.25, -0.2) is 8.42 Å². The number of carbonyl (C=O) groups is 2. The summed E-state index contributed by atoms with van der Waals surface area (Å²) in [5.41, 5.74) is 2.38. The molecule has 0 spiro atoms. The lowest BCUT2D eigenvalue weighted by atomic mass is 10.1. The van der Waals surface area contributed by atoms with Crippen LogP contribution in [0.5, 0.6) is 5.75 Å². The summed E-state index contributed by atoms with van der Waals surface area (Å²) in [6, 6.07) is 10.1. The van der Waals surface area contributed by atoms with E-state index in [-0.39, 0.29) is 48.0 Å². The summed E-state index contributed by atoms with van der Waals surface area (Å²) in [5, 5.41) is 5.78. The highest BCUT2D eigenvalue weighted by molar-refractivity contribution is 7.89. The quantitative estimate of drug-likeness (QED) is 0.590. The monoisotopic (exact) mass is 487 g/mol. The number of methoxy groups -OCH3 is 1. The zero-order valence-electron chi connectivity index (χ0n) is 19.3. The van der Waals surface area contributed by atoms with Crippen LogP contribution in [0.1, 0.15) is 34.3 Å². The first-order valence-corrected chi connectivity index (χ1v) is 12.7. The number of nitrogens with one attached hydrogen (secondary N) is 2. The van der Waals surface area contributed by atoms with E-state index in [1.165, 1.54) is 17.5 Å². The van der Waals surface area contributed by atoms with Crippen molar-refractivity contribution in [3.05, 3.63) is 53.1 Å². The number of carbonyl (C=O) groups excluding carboxylic acids is 2. The molecule has 1 saturated carbocycles. The van der Waals surface area contributed by atoms with E-state index in [1.807, 2.05) is 6.92 Å². The second-order valence-corrected chi connectivity index (χ2v) is 10.4. The van der Waals surface area contributed by atoms with E-state index >= 15 is 0 Å². The molecule has 2 amide bonds. The van der Waals surface area contributed by atoms with Crippen LogP contribution in [0.3, 0.4) is 0 Å². The maximum atomic E-state index is 13.2. The van der Waals surface area contributed by atoms with Crippen molar-refractivity contribution in [2.24, 2.45) is 0 Å². The number of hydrogen-bond donors (Lipinski definition) is 2. The summed E-state index contributed by atoms with van der Waals surface area (Å²) in [6.45, 7) is 3.04. The molecule has 2 aliphatic rings. The third-order valence-corrected chi connectivity index (χ3v) is 7.79. The summed E-state index contributed by atoms with van der Waals surface area (Å²) in [5.74, 6) is -0.255. The van der Waals surface area contributed by atoms with Gasteiger partial charge < -0.3 is 20.1 Å². The van der Waals surface area contributed by atoms with Crippen LogP contribution in [0.2, 0.25) is 0 Å². The number of hydrogen-bond acceptors (Lipinski definition) is 6. The highest BCUT2D eigenvalue weighted by Gasteiger charge is 2.30. The van der Waals surface area contributed by atoms with Gasteiger partial charge in [0.25, 0.3) is 5.91 Å². The van der Waals surface area contributed by atoms with E-state index in [0.717, 1.165) is 18.4 Å². The van der Waals surface area contributed by atoms with Crippen molar-refractivity contribution in [3.8, 4) is 5.75 Å². The highest BCUT2D eigenvalue weighted by Crippen LogP contribution is 2.29. The van der Waals surface area contributed by atoms with Crippen molar-refractivity contribution in [2.45, 2.75) is 37.1 Å². The molecule has 1 heterocycles. The summed E-state index contributed by atoms with van der Waals surface area (Å²) in [4.78, 5) is 25.2. The molecule has 2 aromatic carbocycles. The summed E-state index contributed by atoms with van der Waals surface area (Å²) >= 11 is 0. The summed E-state index contributed by atoms with van der Waals surface area (Å²) in [6.07, 6.45) is 1.95. The second-order valence-electron chi connectivity index (χ2n) is 8.50. The van der Waals surface area contributed by atoms with Crippen LogP contribution in [-0.2, 0) is 26.0 Å². The van der Waals surface area contributed by atoms with Crippen LogP contribution >= 0.6 is 0 Å². The normalized spacial score (nSPS) is 16.6. The molecule has 0 atom stereocenters. The number of nitrogens with zero attached hydrogens (tertiary/aromatic N) is 1. The van der Waals surface area contributed by atoms with Crippen molar-refractivity contribution in [1.29, 1.82) is 0 Å². The van der Waals surface area contributed by atoms with Gasteiger partial charge in [-0.15, -0.1) is 0 Å². The Bertz CT molecular complexity index is 1190. The molecular weight excluding hydrogens is 458 g/mol. The zero-order chi connectivity index (χ0) is 24.3. The lowest BCUT2D eigenvalue weighted by molar-refractivity contribution is -0.115. The number of benzene rings is 2. The van der Waals surface area contributed by atoms with Gasteiger partial charge in [0.2, 0.25) is 15.9 Å². The molecule has 0 unspecified atom stereocenters. The maximum Gasteiger partial charge on any atom is 0.251 e. The van der Waals surface area contributed by atoms with Crippen LogP contribution in [0.25, 0.3) is 0 Å². The predicted octanol–water partition coefficient (Wildman–Crippen LogP) is 2.10. The SMILES string of the molecule is COc1ccc(CC(=O)Nc2cc(C(=O)NC3CC3)ccc2C)cc1S(=O)(=O)N1CCOCC1. The lowest BCUT2D eigenvalue weighted by Gasteiger charge is -2.26. The predicted molar refractivity (Wildman–Crippen MR) is 127 cm³/mol. The van der Waals surface area contributed by atoms with Gasteiger partial charge in [-0.2, -0.15) is 4.31 Å². The zero-order valence-corrected chi connectivity index (χ0v) is 20.1. The summed E-state index contributed by atoms with van der Waals surface area (Å²) < 4.78 is 38.3. The van der Waals surface area contributed by atoms with Gasteiger partial charge in [0, 0.05) is 30.4 Å². The molecule has 4 rings (SSSR count). The van der Waals surface area contributed by atoms with Gasteiger partial charge >= 0.3 is 0 Å². The van der Waals surface area contributed by atoms with Gasteiger partial charge in [-0.05, 0) is 55.2 Å². The van der Waals surface area contributed by atoms with Gasteiger partial charge in [-0.3, -0.25) is 9.59 Å². The molecule has 34 heavy (non-hydrogen) atoms. The smallest absolute Gasteiger partial charge is 0.251 e. The molecule has 0 bridgehead atoms. The summed E-state index contributed by atoms with van der Waals surface area (Å²) in [7, 11) is -2.38. The number of morpholine rings is 1. The fourth-order valence-corrected chi connectivity index (χ4v) is 5.35. The Balaban J connectivity index is 1.50. The molecule has 182 valence electrons. The number of sulfonamides is 1. The lowest BCUT2D eigenvalue weighted by Crippen LogP contribution is -2.40. The molecule has 10 heteroatoms. The third kappa shape index (κ3) is 5.57. The number of rotatable bonds is 8. The van der Waals surface area contributed by atoms with E-state index in [4.69, 9.17) is 9.47 Å². The molecule has 2 N–H and O–H groups in total. The highest BCUT2D eigenvalue weighted by atomic mass is 32.2. The topological polar surface area (TPSA) is 114 Å². The van der Waals surface area contributed by atoms with E-state index in [9.17, 15) is 18.0 Å². The van der Waals surface area contributed by atoms with Crippen molar-refractivity contribution in [3.63, 3.8) is 0 Å². The maximum absolute atomic E-state index is 13.2. The van der Waals surface area contributed by atoms with E-state index < -0.39 is 10.0 Å². The average molecular weight is 488 g/mol. The van der Waals surface area contributed by atoms with E-state index in [1.54, 1.807) is 30.3 Å². The van der Waals surface area contributed by atoms with Crippen molar-refractivity contribution in [1.82, 2.24) is 9.62 Å². The van der Waals surface area contributed by atoms with Crippen LogP contribution in [-0.4, -0.2) is 64.0 Å². The first-order valence-electron chi connectivity index (χ1n) is 11.2. The third-order valence-electron chi connectivity index (χ3n) is 5.87. The second kappa shape index (κ2) is 10.1. The van der Waals surface area contributed by atoms with Crippen molar-refractivity contribution < 1.29 is 27.5 Å². The van der Waals surface area contributed by atoms with E-state index in [2.05, 4.69) is 10.6 Å². The number of amides is 2. The Kier molecular flexibility index (Phi) is 7.20. The Morgan fingerprint density at radius 3 is 2.53 bits per heavy atom. The van der Waals surface area contributed by atoms with Gasteiger partial charge in [0.05, 0.1) is 26.7 Å².